The summed E-state index contributed by atoms with van der Waals surface area (Å²) in [6.07, 6.45) is 8.13. The minimum atomic E-state index is 0.138. The molecule has 1 fully saturated rings. The van der Waals surface area contributed by atoms with Crippen molar-refractivity contribution < 1.29 is 4.79 Å². The first-order chi connectivity index (χ1) is 10.8. The van der Waals surface area contributed by atoms with Gasteiger partial charge in [-0.25, -0.2) is 4.98 Å². The van der Waals surface area contributed by atoms with Gasteiger partial charge in [0, 0.05) is 24.5 Å². The Hall–Kier alpha value is -1.75. The Labute approximate surface area is 135 Å². The van der Waals surface area contributed by atoms with Crippen LogP contribution in [0.25, 0.3) is 10.7 Å². The molecule has 0 spiro atoms. The number of thiazole rings is 1. The van der Waals surface area contributed by atoms with E-state index in [-0.39, 0.29) is 5.91 Å². The lowest BCUT2D eigenvalue weighted by atomic mass is 10.1. The first-order valence-electron chi connectivity index (χ1n) is 7.94. The Kier molecular flexibility index (Phi) is 5.16. The van der Waals surface area contributed by atoms with Crippen molar-refractivity contribution in [1.82, 2.24) is 15.3 Å². The molecule has 0 bridgehead atoms. The molecule has 1 N–H and O–H groups in total. The second-order valence-electron chi connectivity index (χ2n) is 5.81. The number of aryl methyl sites for hydroxylation is 1. The van der Waals surface area contributed by atoms with E-state index in [0.29, 0.717) is 18.8 Å². The van der Waals surface area contributed by atoms with Crippen LogP contribution in [0, 0.1) is 5.92 Å². The Bertz CT molecular complexity index is 605. The zero-order valence-corrected chi connectivity index (χ0v) is 13.4. The minimum Gasteiger partial charge on any atom is -0.356 e. The van der Waals surface area contributed by atoms with Gasteiger partial charge >= 0.3 is 0 Å². The van der Waals surface area contributed by atoms with Crippen LogP contribution in [-0.4, -0.2) is 22.4 Å². The van der Waals surface area contributed by atoms with Crippen molar-refractivity contribution in [1.29, 1.82) is 0 Å². The molecule has 2 heterocycles. The number of carbonyl (C=O) groups excluding carboxylic acids is 1. The molecule has 0 aromatic carbocycles. The Morgan fingerprint density at radius 2 is 2.18 bits per heavy atom. The number of pyridine rings is 1. The fourth-order valence-corrected chi connectivity index (χ4v) is 3.66. The number of nitrogens with zero attached hydrogens (tertiary/aromatic N) is 2. The van der Waals surface area contributed by atoms with Crippen LogP contribution < -0.4 is 5.32 Å². The summed E-state index contributed by atoms with van der Waals surface area (Å²) >= 11 is 1.58. The van der Waals surface area contributed by atoms with Gasteiger partial charge < -0.3 is 5.32 Å². The van der Waals surface area contributed by atoms with Crippen LogP contribution in [0.2, 0.25) is 0 Å². The molecule has 1 saturated carbocycles. The Morgan fingerprint density at radius 1 is 1.32 bits per heavy atom. The van der Waals surface area contributed by atoms with E-state index >= 15 is 0 Å². The van der Waals surface area contributed by atoms with Crippen LogP contribution in [0.3, 0.4) is 0 Å². The second-order valence-corrected chi connectivity index (χ2v) is 6.67. The molecule has 22 heavy (non-hydrogen) atoms. The highest BCUT2D eigenvalue weighted by molar-refractivity contribution is 7.13. The van der Waals surface area contributed by atoms with Crippen LogP contribution in [0.4, 0.5) is 0 Å². The summed E-state index contributed by atoms with van der Waals surface area (Å²) in [5, 5.41) is 6.00. The van der Waals surface area contributed by atoms with Crippen LogP contribution in [0.1, 0.15) is 37.8 Å². The molecule has 5 heteroatoms. The predicted octanol–water partition coefficient (Wildman–Crippen LogP) is 3.44. The SMILES string of the molecule is O=C(CCc1csc(-c2ccccn2)n1)NCC1CCCC1. The molecular formula is C17H21N3OS. The van der Waals surface area contributed by atoms with Crippen molar-refractivity contribution >= 4 is 17.2 Å². The van der Waals surface area contributed by atoms with E-state index in [2.05, 4.69) is 15.3 Å². The van der Waals surface area contributed by atoms with Crippen LogP contribution in [0.15, 0.2) is 29.8 Å². The highest BCUT2D eigenvalue weighted by atomic mass is 32.1. The first-order valence-corrected chi connectivity index (χ1v) is 8.82. The van der Waals surface area contributed by atoms with Gasteiger partial charge in [-0.2, -0.15) is 0 Å². The normalized spacial score (nSPS) is 15.1. The fourth-order valence-electron chi connectivity index (χ4n) is 2.83. The molecule has 0 unspecified atom stereocenters. The molecule has 0 radical (unpaired) electrons. The molecule has 0 aliphatic heterocycles. The zero-order chi connectivity index (χ0) is 15.2. The van der Waals surface area contributed by atoms with Gasteiger partial charge in [0.1, 0.15) is 5.01 Å². The van der Waals surface area contributed by atoms with Crippen molar-refractivity contribution in [2.45, 2.75) is 38.5 Å². The van der Waals surface area contributed by atoms with E-state index in [9.17, 15) is 4.79 Å². The van der Waals surface area contributed by atoms with E-state index in [1.54, 1.807) is 17.5 Å². The summed E-state index contributed by atoms with van der Waals surface area (Å²) in [5.74, 6) is 0.832. The van der Waals surface area contributed by atoms with Crippen molar-refractivity contribution in [3.63, 3.8) is 0 Å². The highest BCUT2D eigenvalue weighted by Crippen LogP contribution is 2.24. The van der Waals surface area contributed by atoms with Crippen LogP contribution in [-0.2, 0) is 11.2 Å². The summed E-state index contributed by atoms with van der Waals surface area (Å²) < 4.78 is 0. The number of hydrogen-bond acceptors (Lipinski definition) is 4. The summed E-state index contributed by atoms with van der Waals surface area (Å²) in [7, 11) is 0. The van der Waals surface area contributed by atoms with Gasteiger partial charge in [0.2, 0.25) is 5.91 Å². The number of hydrogen-bond donors (Lipinski definition) is 1. The third-order valence-electron chi connectivity index (χ3n) is 4.11. The van der Waals surface area contributed by atoms with Gasteiger partial charge in [0.05, 0.1) is 11.4 Å². The molecule has 2 aromatic heterocycles. The summed E-state index contributed by atoms with van der Waals surface area (Å²) in [5.41, 5.74) is 1.87. The average Bonchev–Trinajstić information content (AvgIpc) is 3.23. The molecule has 0 saturated heterocycles. The molecule has 1 amide bonds. The second kappa shape index (κ2) is 7.49. The molecule has 0 atom stereocenters. The largest absolute Gasteiger partial charge is 0.356 e. The van der Waals surface area contributed by atoms with Crippen LogP contribution >= 0.6 is 11.3 Å². The average molecular weight is 315 g/mol. The van der Waals surface area contributed by atoms with Crippen LogP contribution in [0.5, 0.6) is 0 Å². The Balaban J connectivity index is 1.45. The van der Waals surface area contributed by atoms with E-state index in [1.807, 2.05) is 23.6 Å². The van der Waals surface area contributed by atoms with Gasteiger partial charge in [0.15, 0.2) is 0 Å². The van der Waals surface area contributed by atoms with E-state index < -0.39 is 0 Å². The maximum atomic E-state index is 11.9. The fraction of sp³-hybridized carbons (Fsp3) is 0.471. The molecule has 1 aliphatic carbocycles. The number of rotatable bonds is 6. The highest BCUT2D eigenvalue weighted by Gasteiger charge is 2.15. The molecular weight excluding hydrogens is 294 g/mol. The predicted molar refractivity (Wildman–Crippen MR) is 88.6 cm³/mol. The molecule has 2 aromatic rings. The lowest BCUT2D eigenvalue weighted by Gasteiger charge is -2.10. The van der Waals surface area contributed by atoms with Gasteiger partial charge in [-0.05, 0) is 37.3 Å². The maximum absolute atomic E-state index is 11.9. The number of aromatic nitrogens is 2. The van der Waals surface area contributed by atoms with Gasteiger partial charge in [-0.3, -0.25) is 9.78 Å². The Morgan fingerprint density at radius 3 is 2.95 bits per heavy atom. The summed E-state index contributed by atoms with van der Waals surface area (Å²) in [4.78, 5) is 20.8. The van der Waals surface area contributed by atoms with Gasteiger partial charge in [-0.15, -0.1) is 11.3 Å². The van der Waals surface area contributed by atoms with Crippen molar-refractivity contribution in [2.24, 2.45) is 5.92 Å². The first kappa shape index (κ1) is 15.2. The topological polar surface area (TPSA) is 54.9 Å². The van der Waals surface area contributed by atoms with Gasteiger partial charge in [-0.1, -0.05) is 18.9 Å². The smallest absolute Gasteiger partial charge is 0.220 e. The summed E-state index contributed by atoms with van der Waals surface area (Å²) in [6, 6.07) is 5.81. The zero-order valence-electron chi connectivity index (χ0n) is 12.6. The quantitative estimate of drug-likeness (QED) is 0.888. The van der Waals surface area contributed by atoms with E-state index in [0.717, 1.165) is 22.9 Å². The number of amides is 1. The third kappa shape index (κ3) is 4.13. The van der Waals surface area contributed by atoms with E-state index in [4.69, 9.17) is 0 Å². The summed E-state index contributed by atoms with van der Waals surface area (Å²) in [6.45, 7) is 0.842. The maximum Gasteiger partial charge on any atom is 0.220 e. The standard InChI is InChI=1S/C17H21N3OS/c21-16(19-11-13-5-1-2-6-13)9-8-14-12-22-17(20-14)15-7-3-4-10-18-15/h3-4,7,10,12-13H,1-2,5-6,8-9,11H2,(H,19,21). The lowest BCUT2D eigenvalue weighted by molar-refractivity contribution is -0.121. The molecule has 4 nitrogen and oxygen atoms in total. The minimum absolute atomic E-state index is 0.138. The lowest BCUT2D eigenvalue weighted by Crippen LogP contribution is -2.28. The van der Waals surface area contributed by atoms with E-state index in [1.165, 1.54) is 25.7 Å². The number of nitrogens with one attached hydrogen (secondary N) is 1. The van der Waals surface area contributed by atoms with Crippen molar-refractivity contribution in [3.05, 3.63) is 35.5 Å². The van der Waals surface area contributed by atoms with Crippen molar-refractivity contribution in [3.8, 4) is 10.7 Å². The number of carbonyl (C=O) groups is 1. The third-order valence-corrected chi connectivity index (χ3v) is 5.02. The molecule has 116 valence electrons. The molecule has 3 rings (SSSR count). The molecule has 1 aliphatic rings. The monoisotopic (exact) mass is 315 g/mol. The van der Waals surface area contributed by atoms with Gasteiger partial charge in [0.25, 0.3) is 0 Å². The van der Waals surface area contributed by atoms with Crippen molar-refractivity contribution in [2.75, 3.05) is 6.54 Å².